The summed E-state index contributed by atoms with van der Waals surface area (Å²) >= 11 is 0. The van der Waals surface area contributed by atoms with Crippen LogP contribution in [0.25, 0.3) is 0 Å². The van der Waals surface area contributed by atoms with Crippen molar-refractivity contribution in [3.05, 3.63) is 29.6 Å². The van der Waals surface area contributed by atoms with E-state index in [1.54, 1.807) is 12.1 Å². The summed E-state index contributed by atoms with van der Waals surface area (Å²) in [6, 6.07) is 5.31. The first kappa shape index (κ1) is 10.8. The Morgan fingerprint density at radius 2 is 2.06 bits per heavy atom. The van der Waals surface area contributed by atoms with Crippen LogP contribution in [0.3, 0.4) is 0 Å². The molecule has 2 aliphatic carbocycles. The van der Waals surface area contributed by atoms with Crippen molar-refractivity contribution in [2.45, 2.75) is 31.7 Å². The van der Waals surface area contributed by atoms with Gasteiger partial charge in [0.15, 0.2) is 0 Å². The normalized spacial score (nSPS) is 19.1. The summed E-state index contributed by atoms with van der Waals surface area (Å²) in [7, 11) is 0. The van der Waals surface area contributed by atoms with Crippen LogP contribution in [-0.4, -0.2) is 18.9 Å². The second kappa shape index (κ2) is 4.13. The number of carbonyl (C=O) groups is 1. The van der Waals surface area contributed by atoms with Crippen LogP contribution in [0.4, 0.5) is 10.1 Å². The molecule has 1 aromatic carbocycles. The van der Waals surface area contributed by atoms with Crippen LogP contribution in [0, 0.1) is 11.7 Å². The minimum absolute atomic E-state index is 0.262. The lowest BCUT2D eigenvalue weighted by Crippen LogP contribution is -2.28. The molecular formula is C14H16FNO. The van der Waals surface area contributed by atoms with Gasteiger partial charge in [-0.05, 0) is 49.8 Å². The Bertz CT molecular complexity index is 438. The Labute approximate surface area is 100 Å². The molecule has 1 aromatic rings. The highest BCUT2D eigenvalue weighted by Gasteiger charge is 2.34. The van der Waals surface area contributed by atoms with Crippen molar-refractivity contribution in [3.8, 4) is 0 Å². The van der Waals surface area contributed by atoms with Gasteiger partial charge in [0.2, 0.25) is 0 Å². The first-order chi connectivity index (χ1) is 8.28. The average molecular weight is 233 g/mol. The number of rotatable bonds is 5. The fourth-order valence-corrected chi connectivity index (χ4v) is 2.24. The van der Waals surface area contributed by atoms with E-state index in [4.69, 9.17) is 0 Å². The molecule has 3 rings (SSSR count). The zero-order chi connectivity index (χ0) is 11.8. The Balaban J connectivity index is 1.85. The molecule has 0 saturated heterocycles. The van der Waals surface area contributed by atoms with E-state index in [2.05, 4.69) is 4.90 Å². The van der Waals surface area contributed by atoms with Gasteiger partial charge >= 0.3 is 0 Å². The van der Waals surface area contributed by atoms with E-state index in [-0.39, 0.29) is 5.82 Å². The molecule has 0 heterocycles. The number of carbonyl (C=O) groups excluding carboxylic acids is 1. The van der Waals surface area contributed by atoms with E-state index in [1.165, 1.54) is 31.7 Å². The smallest absolute Gasteiger partial charge is 0.150 e. The van der Waals surface area contributed by atoms with Gasteiger partial charge in [-0.2, -0.15) is 0 Å². The Morgan fingerprint density at radius 1 is 1.29 bits per heavy atom. The summed E-state index contributed by atoms with van der Waals surface area (Å²) < 4.78 is 13.9. The van der Waals surface area contributed by atoms with Crippen LogP contribution in [0.2, 0.25) is 0 Å². The van der Waals surface area contributed by atoms with E-state index < -0.39 is 0 Å². The quantitative estimate of drug-likeness (QED) is 0.729. The predicted molar refractivity (Wildman–Crippen MR) is 64.9 cm³/mol. The van der Waals surface area contributed by atoms with Crippen molar-refractivity contribution in [2.75, 3.05) is 11.4 Å². The van der Waals surface area contributed by atoms with E-state index >= 15 is 0 Å². The molecule has 0 aliphatic heterocycles. The van der Waals surface area contributed by atoms with E-state index in [0.29, 0.717) is 23.6 Å². The summed E-state index contributed by atoms with van der Waals surface area (Å²) in [5.74, 6) is 0.489. The third-order valence-electron chi connectivity index (χ3n) is 3.56. The first-order valence-electron chi connectivity index (χ1n) is 6.29. The maximum atomic E-state index is 13.9. The third-order valence-corrected chi connectivity index (χ3v) is 3.56. The van der Waals surface area contributed by atoms with Gasteiger partial charge in [0, 0.05) is 18.2 Å². The highest BCUT2D eigenvalue weighted by Crippen LogP contribution is 2.38. The molecular weight excluding hydrogens is 217 g/mol. The zero-order valence-corrected chi connectivity index (χ0v) is 9.73. The van der Waals surface area contributed by atoms with Crippen LogP contribution < -0.4 is 4.90 Å². The molecule has 2 nitrogen and oxygen atoms in total. The fraction of sp³-hybridized carbons (Fsp3) is 0.500. The predicted octanol–water partition coefficient (Wildman–Crippen LogP) is 3.02. The van der Waals surface area contributed by atoms with Gasteiger partial charge in [-0.25, -0.2) is 4.39 Å². The van der Waals surface area contributed by atoms with Gasteiger partial charge in [-0.15, -0.1) is 0 Å². The molecule has 0 N–H and O–H groups in total. The Morgan fingerprint density at radius 3 is 2.59 bits per heavy atom. The molecule has 90 valence electrons. The van der Waals surface area contributed by atoms with E-state index in [0.717, 1.165) is 12.5 Å². The number of hydrogen-bond donors (Lipinski definition) is 0. The monoisotopic (exact) mass is 233 g/mol. The molecule has 0 unspecified atom stereocenters. The summed E-state index contributed by atoms with van der Waals surface area (Å²) in [5, 5.41) is 0. The molecule has 0 spiro atoms. The van der Waals surface area contributed by atoms with Crippen molar-refractivity contribution < 1.29 is 9.18 Å². The van der Waals surface area contributed by atoms with Crippen molar-refractivity contribution in [1.82, 2.24) is 0 Å². The standard InChI is InChI=1S/C14H16FNO/c15-13-7-11(9-17)3-6-14(13)16(12-4-5-12)8-10-1-2-10/h3,6-7,9-10,12H,1-2,4-5,8H2. The number of hydrogen-bond acceptors (Lipinski definition) is 2. The molecule has 2 fully saturated rings. The van der Waals surface area contributed by atoms with Crippen molar-refractivity contribution >= 4 is 12.0 Å². The number of benzene rings is 1. The van der Waals surface area contributed by atoms with Crippen LogP contribution in [-0.2, 0) is 0 Å². The molecule has 0 aromatic heterocycles. The summed E-state index contributed by atoms with van der Waals surface area (Å²) in [6.45, 7) is 0.974. The number of nitrogens with zero attached hydrogens (tertiary/aromatic N) is 1. The SMILES string of the molecule is O=Cc1ccc(N(CC2CC2)C2CC2)c(F)c1. The van der Waals surface area contributed by atoms with E-state index in [1.807, 2.05) is 0 Å². The highest BCUT2D eigenvalue weighted by atomic mass is 19.1. The molecule has 0 atom stereocenters. The summed E-state index contributed by atoms with van der Waals surface area (Å²) in [6.07, 6.45) is 5.58. The second-order valence-electron chi connectivity index (χ2n) is 5.16. The molecule has 0 amide bonds. The van der Waals surface area contributed by atoms with Gasteiger partial charge in [-0.3, -0.25) is 4.79 Å². The highest BCUT2D eigenvalue weighted by molar-refractivity contribution is 5.76. The topological polar surface area (TPSA) is 20.3 Å². The summed E-state index contributed by atoms with van der Waals surface area (Å²) in [5.41, 5.74) is 1.08. The van der Waals surface area contributed by atoms with Gasteiger partial charge < -0.3 is 4.90 Å². The molecule has 0 bridgehead atoms. The lowest BCUT2D eigenvalue weighted by molar-refractivity contribution is 0.112. The minimum atomic E-state index is -0.262. The second-order valence-corrected chi connectivity index (χ2v) is 5.16. The number of anilines is 1. The fourth-order valence-electron chi connectivity index (χ4n) is 2.24. The van der Waals surface area contributed by atoms with E-state index in [9.17, 15) is 9.18 Å². The van der Waals surface area contributed by atoms with Crippen molar-refractivity contribution in [1.29, 1.82) is 0 Å². The largest absolute Gasteiger partial charge is 0.366 e. The zero-order valence-electron chi connectivity index (χ0n) is 9.73. The lowest BCUT2D eigenvalue weighted by atomic mass is 10.2. The molecule has 3 heteroatoms. The van der Waals surface area contributed by atoms with Gasteiger partial charge in [-0.1, -0.05) is 0 Å². The average Bonchev–Trinajstić information content (AvgIpc) is 3.18. The van der Waals surface area contributed by atoms with Gasteiger partial charge in [0.25, 0.3) is 0 Å². The molecule has 0 radical (unpaired) electrons. The first-order valence-corrected chi connectivity index (χ1v) is 6.29. The van der Waals surface area contributed by atoms with Crippen molar-refractivity contribution in [3.63, 3.8) is 0 Å². The molecule has 17 heavy (non-hydrogen) atoms. The lowest BCUT2D eigenvalue weighted by Gasteiger charge is -2.25. The number of aldehydes is 1. The maximum absolute atomic E-state index is 13.9. The third kappa shape index (κ3) is 2.33. The summed E-state index contributed by atoms with van der Waals surface area (Å²) in [4.78, 5) is 12.8. The number of halogens is 1. The van der Waals surface area contributed by atoms with Crippen LogP contribution in [0.1, 0.15) is 36.0 Å². The molecule has 2 aliphatic rings. The Hall–Kier alpha value is -1.38. The van der Waals surface area contributed by atoms with Crippen LogP contribution in [0.5, 0.6) is 0 Å². The minimum Gasteiger partial charge on any atom is -0.366 e. The molecule has 2 saturated carbocycles. The van der Waals surface area contributed by atoms with Gasteiger partial charge in [0.1, 0.15) is 12.1 Å². The maximum Gasteiger partial charge on any atom is 0.150 e. The Kier molecular flexibility index (Phi) is 2.61. The van der Waals surface area contributed by atoms with Crippen LogP contribution in [0.15, 0.2) is 18.2 Å². The van der Waals surface area contributed by atoms with Gasteiger partial charge in [0.05, 0.1) is 5.69 Å². The van der Waals surface area contributed by atoms with Crippen molar-refractivity contribution in [2.24, 2.45) is 5.92 Å². The van der Waals surface area contributed by atoms with Crippen LogP contribution >= 0.6 is 0 Å².